The van der Waals surface area contributed by atoms with E-state index < -0.39 is 5.97 Å². The van der Waals surface area contributed by atoms with Crippen LogP contribution < -0.4 is 5.32 Å². The predicted molar refractivity (Wildman–Crippen MR) is 86.6 cm³/mol. The molecule has 1 unspecified atom stereocenters. The number of thioether (sulfide) groups is 1. The number of carboxylic acid groups (broad SMARTS) is 1. The Labute approximate surface area is 132 Å². The Bertz CT molecular complexity index is 315. The van der Waals surface area contributed by atoms with E-state index in [2.05, 4.69) is 26.1 Å². The van der Waals surface area contributed by atoms with Crippen molar-refractivity contribution in [3.8, 4) is 0 Å². The Morgan fingerprint density at radius 2 is 1.95 bits per heavy atom. The van der Waals surface area contributed by atoms with Crippen molar-refractivity contribution in [2.24, 2.45) is 11.3 Å². The number of aliphatic carboxylic acids is 1. The molecule has 124 valence electrons. The molecular weight excluding hydrogens is 290 g/mol. The van der Waals surface area contributed by atoms with Gasteiger partial charge in [0.25, 0.3) is 0 Å². The van der Waals surface area contributed by atoms with Gasteiger partial charge in [0.05, 0.1) is 12.4 Å². The fourth-order valence-electron chi connectivity index (χ4n) is 2.05. The Kier molecular flexibility index (Phi) is 10.5. The topological polar surface area (TPSA) is 75.6 Å². The van der Waals surface area contributed by atoms with Gasteiger partial charge in [-0.2, -0.15) is 0 Å². The second-order valence-corrected chi connectivity index (χ2v) is 7.28. The number of carbonyl (C=O) groups is 2. The van der Waals surface area contributed by atoms with Gasteiger partial charge in [0.15, 0.2) is 0 Å². The summed E-state index contributed by atoms with van der Waals surface area (Å²) in [5.74, 6) is 0.811. The van der Waals surface area contributed by atoms with Crippen LogP contribution in [-0.2, 0) is 14.3 Å². The van der Waals surface area contributed by atoms with Gasteiger partial charge in [0.2, 0.25) is 5.91 Å². The van der Waals surface area contributed by atoms with Crippen LogP contribution in [0, 0.1) is 11.3 Å². The largest absolute Gasteiger partial charge is 0.481 e. The Balaban J connectivity index is 3.96. The van der Waals surface area contributed by atoms with Crippen LogP contribution in [0.5, 0.6) is 0 Å². The molecule has 2 N–H and O–H groups in total. The Hall–Kier alpha value is -0.750. The van der Waals surface area contributed by atoms with E-state index in [9.17, 15) is 9.59 Å². The van der Waals surface area contributed by atoms with Crippen LogP contribution in [0.25, 0.3) is 0 Å². The molecule has 0 aromatic heterocycles. The second kappa shape index (κ2) is 10.9. The van der Waals surface area contributed by atoms with Crippen LogP contribution in [0.4, 0.5) is 0 Å². The van der Waals surface area contributed by atoms with Gasteiger partial charge in [0.1, 0.15) is 0 Å². The summed E-state index contributed by atoms with van der Waals surface area (Å²) in [6.07, 6.45) is 1.64. The van der Waals surface area contributed by atoms with Gasteiger partial charge in [-0.1, -0.05) is 20.8 Å². The second-order valence-electron chi connectivity index (χ2n) is 6.18. The summed E-state index contributed by atoms with van der Waals surface area (Å²) in [5.41, 5.74) is 0.0490. The van der Waals surface area contributed by atoms with E-state index in [1.54, 1.807) is 18.9 Å². The van der Waals surface area contributed by atoms with E-state index in [1.807, 2.05) is 0 Å². The zero-order chi connectivity index (χ0) is 16.3. The molecule has 0 aromatic carbocycles. The highest BCUT2D eigenvalue weighted by Crippen LogP contribution is 2.32. The van der Waals surface area contributed by atoms with Gasteiger partial charge in [-0.05, 0) is 24.2 Å². The van der Waals surface area contributed by atoms with Gasteiger partial charge in [-0.3, -0.25) is 9.59 Å². The Morgan fingerprint density at radius 1 is 1.29 bits per heavy atom. The third kappa shape index (κ3) is 11.6. The van der Waals surface area contributed by atoms with Crippen LogP contribution in [0.1, 0.15) is 40.0 Å². The molecule has 1 amide bonds. The number of methoxy groups -OCH3 is 1. The molecule has 0 aliphatic carbocycles. The van der Waals surface area contributed by atoms with Crippen molar-refractivity contribution in [1.29, 1.82) is 0 Å². The first-order valence-corrected chi connectivity index (χ1v) is 8.48. The number of amides is 1. The standard InChI is InChI=1S/C15H29NO4S/c1-15(2,3)12(5-6-14(18)19)7-8-16-13(17)11-21-10-9-20-4/h12H,5-11H2,1-4H3,(H,16,17)(H,18,19). The summed E-state index contributed by atoms with van der Waals surface area (Å²) < 4.78 is 4.92. The number of hydrogen-bond donors (Lipinski definition) is 2. The molecule has 6 heteroatoms. The lowest BCUT2D eigenvalue weighted by molar-refractivity contribution is -0.137. The maximum atomic E-state index is 11.6. The van der Waals surface area contributed by atoms with E-state index in [0.717, 1.165) is 12.2 Å². The van der Waals surface area contributed by atoms with Gasteiger partial charge in [-0.25, -0.2) is 0 Å². The van der Waals surface area contributed by atoms with Crippen molar-refractivity contribution in [2.45, 2.75) is 40.0 Å². The van der Waals surface area contributed by atoms with Crippen LogP contribution in [0.3, 0.4) is 0 Å². The predicted octanol–water partition coefficient (Wildman–Crippen LogP) is 2.40. The maximum Gasteiger partial charge on any atom is 0.303 e. The van der Waals surface area contributed by atoms with Crippen LogP contribution in [0.2, 0.25) is 0 Å². The minimum atomic E-state index is -0.761. The summed E-state index contributed by atoms with van der Waals surface area (Å²) in [7, 11) is 1.64. The summed E-state index contributed by atoms with van der Waals surface area (Å²) >= 11 is 1.55. The zero-order valence-electron chi connectivity index (χ0n) is 13.6. The molecule has 0 bridgehead atoms. The lowest BCUT2D eigenvalue weighted by Gasteiger charge is -2.30. The molecular formula is C15H29NO4S. The first-order chi connectivity index (χ1) is 9.77. The highest BCUT2D eigenvalue weighted by Gasteiger charge is 2.24. The molecule has 0 aromatic rings. The SMILES string of the molecule is COCCSCC(=O)NCCC(CCC(=O)O)C(C)(C)C. The van der Waals surface area contributed by atoms with Crippen molar-refractivity contribution < 1.29 is 19.4 Å². The normalized spacial score (nSPS) is 13.0. The summed E-state index contributed by atoms with van der Waals surface area (Å²) in [6.45, 7) is 7.59. The average Bonchev–Trinajstić information content (AvgIpc) is 2.37. The van der Waals surface area contributed by atoms with Crippen molar-refractivity contribution in [3.05, 3.63) is 0 Å². The molecule has 0 radical (unpaired) electrons. The van der Waals surface area contributed by atoms with E-state index in [-0.39, 0.29) is 23.7 Å². The minimum absolute atomic E-state index is 0.0296. The number of rotatable bonds is 11. The molecule has 0 saturated carbocycles. The Morgan fingerprint density at radius 3 is 2.48 bits per heavy atom. The molecule has 0 fully saturated rings. The van der Waals surface area contributed by atoms with Crippen molar-refractivity contribution >= 4 is 23.6 Å². The minimum Gasteiger partial charge on any atom is -0.481 e. The molecule has 1 atom stereocenters. The monoisotopic (exact) mass is 319 g/mol. The number of carboxylic acids is 1. The lowest BCUT2D eigenvalue weighted by atomic mass is 9.76. The van der Waals surface area contributed by atoms with E-state index >= 15 is 0 Å². The van der Waals surface area contributed by atoms with Crippen molar-refractivity contribution in [3.63, 3.8) is 0 Å². The highest BCUT2D eigenvalue weighted by molar-refractivity contribution is 7.99. The van der Waals surface area contributed by atoms with Crippen molar-refractivity contribution in [1.82, 2.24) is 5.32 Å². The van der Waals surface area contributed by atoms with E-state index in [1.165, 1.54) is 0 Å². The molecule has 21 heavy (non-hydrogen) atoms. The smallest absolute Gasteiger partial charge is 0.303 e. The third-order valence-corrected chi connectivity index (χ3v) is 4.33. The molecule has 0 aliphatic rings. The summed E-state index contributed by atoms with van der Waals surface area (Å²) in [5, 5.41) is 11.7. The maximum absolute atomic E-state index is 11.6. The molecule has 0 saturated heterocycles. The van der Waals surface area contributed by atoms with E-state index in [4.69, 9.17) is 9.84 Å². The first-order valence-electron chi connectivity index (χ1n) is 7.32. The van der Waals surface area contributed by atoms with Gasteiger partial charge >= 0.3 is 5.97 Å². The van der Waals surface area contributed by atoms with Crippen LogP contribution in [-0.4, -0.2) is 48.8 Å². The fourth-order valence-corrected chi connectivity index (χ4v) is 2.77. The number of nitrogens with one attached hydrogen (secondary N) is 1. The molecule has 0 heterocycles. The fraction of sp³-hybridized carbons (Fsp3) is 0.867. The molecule has 0 spiro atoms. The van der Waals surface area contributed by atoms with E-state index in [0.29, 0.717) is 25.3 Å². The van der Waals surface area contributed by atoms with Gasteiger partial charge in [-0.15, -0.1) is 11.8 Å². The van der Waals surface area contributed by atoms with Gasteiger partial charge in [0, 0.05) is 25.8 Å². The molecule has 0 rings (SSSR count). The number of ether oxygens (including phenoxy) is 1. The van der Waals surface area contributed by atoms with Crippen LogP contribution in [0.15, 0.2) is 0 Å². The first kappa shape index (κ1) is 20.2. The highest BCUT2D eigenvalue weighted by atomic mass is 32.2. The average molecular weight is 319 g/mol. The summed E-state index contributed by atoms with van der Waals surface area (Å²) in [6, 6.07) is 0. The molecule has 5 nitrogen and oxygen atoms in total. The van der Waals surface area contributed by atoms with Crippen LogP contribution >= 0.6 is 11.8 Å². The number of carbonyl (C=O) groups excluding carboxylic acids is 1. The quantitative estimate of drug-likeness (QED) is 0.572. The third-order valence-electron chi connectivity index (χ3n) is 3.41. The summed E-state index contributed by atoms with van der Waals surface area (Å²) in [4.78, 5) is 22.3. The number of hydrogen-bond acceptors (Lipinski definition) is 4. The molecule has 0 aliphatic heterocycles. The zero-order valence-corrected chi connectivity index (χ0v) is 14.4. The lowest BCUT2D eigenvalue weighted by Crippen LogP contribution is -2.31. The van der Waals surface area contributed by atoms with Crippen molar-refractivity contribution in [2.75, 3.05) is 31.8 Å². The van der Waals surface area contributed by atoms with Gasteiger partial charge < -0.3 is 15.2 Å².